The summed E-state index contributed by atoms with van der Waals surface area (Å²) in [5.74, 6) is 2.48. The van der Waals surface area contributed by atoms with Gasteiger partial charge in [-0.05, 0) is 57.9 Å². The van der Waals surface area contributed by atoms with E-state index in [2.05, 4.69) is 6.07 Å². The minimum atomic E-state index is 0.101. The van der Waals surface area contributed by atoms with Crippen LogP contribution in [-0.2, 0) is 4.74 Å². The third-order valence-corrected chi connectivity index (χ3v) is 4.74. The maximum absolute atomic E-state index is 6.47. The molecule has 2 N–H and O–H groups in total. The average molecular weight is 249 g/mol. The van der Waals surface area contributed by atoms with Gasteiger partial charge in [-0.1, -0.05) is 0 Å². The number of aryl methyl sites for hydroxylation is 2. The fourth-order valence-corrected chi connectivity index (χ4v) is 3.53. The lowest BCUT2D eigenvalue weighted by molar-refractivity contribution is -0.146. The summed E-state index contributed by atoms with van der Waals surface area (Å²) >= 11 is 0. The highest BCUT2D eigenvalue weighted by Gasteiger charge is 2.44. The Labute approximate surface area is 109 Å². The molecule has 1 saturated carbocycles. The van der Waals surface area contributed by atoms with E-state index in [9.17, 15) is 0 Å². The van der Waals surface area contributed by atoms with Crippen LogP contribution >= 0.6 is 0 Å². The lowest BCUT2D eigenvalue weighted by Crippen LogP contribution is -2.47. The average Bonchev–Trinajstić information content (AvgIpc) is 2.66. The SMILES string of the molecule is Cc1cc(C(N)C2CCOC3(CCC3)C2)c(C)o1. The number of furan rings is 1. The maximum Gasteiger partial charge on any atom is 0.105 e. The van der Waals surface area contributed by atoms with Crippen molar-refractivity contribution in [1.29, 1.82) is 0 Å². The van der Waals surface area contributed by atoms with Gasteiger partial charge in [-0.15, -0.1) is 0 Å². The van der Waals surface area contributed by atoms with E-state index in [4.69, 9.17) is 14.9 Å². The van der Waals surface area contributed by atoms with Gasteiger partial charge in [0.15, 0.2) is 0 Å². The zero-order valence-electron chi connectivity index (χ0n) is 11.4. The van der Waals surface area contributed by atoms with E-state index >= 15 is 0 Å². The smallest absolute Gasteiger partial charge is 0.105 e. The van der Waals surface area contributed by atoms with Crippen molar-refractivity contribution < 1.29 is 9.15 Å². The van der Waals surface area contributed by atoms with Crippen molar-refractivity contribution in [2.75, 3.05) is 6.61 Å². The molecule has 2 heterocycles. The Bertz CT molecular complexity index is 434. The number of hydrogen-bond donors (Lipinski definition) is 1. The summed E-state index contributed by atoms with van der Waals surface area (Å²) in [6.07, 6.45) is 5.95. The molecule has 1 aliphatic carbocycles. The lowest BCUT2D eigenvalue weighted by Gasteiger charge is -2.48. The monoisotopic (exact) mass is 249 g/mol. The Morgan fingerprint density at radius 3 is 2.72 bits per heavy atom. The van der Waals surface area contributed by atoms with Crippen molar-refractivity contribution in [1.82, 2.24) is 0 Å². The van der Waals surface area contributed by atoms with Gasteiger partial charge in [0.05, 0.1) is 5.60 Å². The molecule has 3 heteroatoms. The van der Waals surface area contributed by atoms with E-state index in [-0.39, 0.29) is 11.6 Å². The molecule has 3 nitrogen and oxygen atoms in total. The molecule has 2 aliphatic rings. The molecular weight excluding hydrogens is 226 g/mol. The molecule has 18 heavy (non-hydrogen) atoms. The van der Waals surface area contributed by atoms with E-state index in [1.165, 1.54) is 24.8 Å². The number of nitrogens with two attached hydrogens (primary N) is 1. The van der Waals surface area contributed by atoms with Crippen LogP contribution in [0.3, 0.4) is 0 Å². The van der Waals surface area contributed by atoms with Crippen molar-refractivity contribution >= 4 is 0 Å². The summed E-state index contributed by atoms with van der Waals surface area (Å²) in [5.41, 5.74) is 7.83. The van der Waals surface area contributed by atoms with Crippen LogP contribution in [0.4, 0.5) is 0 Å². The molecule has 100 valence electrons. The quantitative estimate of drug-likeness (QED) is 0.875. The first kappa shape index (κ1) is 12.2. The Morgan fingerprint density at radius 2 is 2.17 bits per heavy atom. The van der Waals surface area contributed by atoms with Gasteiger partial charge < -0.3 is 14.9 Å². The summed E-state index contributed by atoms with van der Waals surface area (Å²) in [4.78, 5) is 0. The van der Waals surface area contributed by atoms with Crippen LogP contribution in [0.1, 0.15) is 55.2 Å². The molecule has 1 aromatic rings. The normalized spacial score (nSPS) is 28.1. The van der Waals surface area contributed by atoms with E-state index in [0.717, 1.165) is 31.0 Å². The van der Waals surface area contributed by atoms with Crippen molar-refractivity contribution in [3.05, 3.63) is 23.2 Å². The van der Waals surface area contributed by atoms with Crippen molar-refractivity contribution in [3.8, 4) is 0 Å². The second kappa shape index (κ2) is 4.39. The molecule has 0 aromatic carbocycles. The van der Waals surface area contributed by atoms with E-state index in [1.807, 2.05) is 13.8 Å². The minimum absolute atomic E-state index is 0.101. The Balaban J connectivity index is 1.75. The summed E-state index contributed by atoms with van der Waals surface area (Å²) in [6.45, 7) is 4.87. The first-order chi connectivity index (χ1) is 8.60. The Hall–Kier alpha value is -0.800. The summed E-state index contributed by atoms with van der Waals surface area (Å²) in [6, 6.07) is 2.20. The molecule has 1 aromatic heterocycles. The Kier molecular flexibility index (Phi) is 2.99. The second-order valence-electron chi connectivity index (χ2n) is 6.03. The molecule has 0 radical (unpaired) electrons. The van der Waals surface area contributed by atoms with Gasteiger partial charge in [0, 0.05) is 18.2 Å². The maximum atomic E-state index is 6.47. The van der Waals surface area contributed by atoms with Crippen LogP contribution in [0.15, 0.2) is 10.5 Å². The highest BCUT2D eigenvalue weighted by Crippen LogP contribution is 2.47. The van der Waals surface area contributed by atoms with Crippen LogP contribution in [0, 0.1) is 19.8 Å². The second-order valence-corrected chi connectivity index (χ2v) is 6.03. The lowest BCUT2D eigenvalue weighted by atomic mass is 9.70. The van der Waals surface area contributed by atoms with Crippen LogP contribution in [0.2, 0.25) is 0 Å². The fourth-order valence-electron chi connectivity index (χ4n) is 3.53. The van der Waals surface area contributed by atoms with Crippen LogP contribution < -0.4 is 5.73 Å². The standard InChI is InChI=1S/C15H23NO2/c1-10-8-13(11(2)18-10)14(16)12-4-7-17-15(9-12)5-3-6-15/h8,12,14H,3-7,9,16H2,1-2H3. The topological polar surface area (TPSA) is 48.4 Å². The third kappa shape index (κ3) is 1.99. The van der Waals surface area contributed by atoms with Crippen LogP contribution in [-0.4, -0.2) is 12.2 Å². The minimum Gasteiger partial charge on any atom is -0.466 e. The predicted octanol–water partition coefficient (Wildman–Crippen LogP) is 3.25. The van der Waals surface area contributed by atoms with E-state index < -0.39 is 0 Å². The fraction of sp³-hybridized carbons (Fsp3) is 0.733. The molecule has 0 bridgehead atoms. The zero-order valence-corrected chi connectivity index (χ0v) is 11.4. The highest BCUT2D eigenvalue weighted by atomic mass is 16.5. The summed E-state index contributed by atoms with van der Waals surface area (Å²) in [5, 5.41) is 0. The van der Waals surface area contributed by atoms with E-state index in [0.29, 0.717) is 5.92 Å². The third-order valence-electron chi connectivity index (χ3n) is 4.74. The van der Waals surface area contributed by atoms with Gasteiger partial charge in [0.1, 0.15) is 11.5 Å². The summed E-state index contributed by atoms with van der Waals surface area (Å²) < 4.78 is 11.6. The van der Waals surface area contributed by atoms with Gasteiger partial charge >= 0.3 is 0 Å². The van der Waals surface area contributed by atoms with Crippen LogP contribution in [0.25, 0.3) is 0 Å². The van der Waals surface area contributed by atoms with Crippen molar-refractivity contribution in [3.63, 3.8) is 0 Å². The molecule has 1 spiro atoms. The molecule has 1 saturated heterocycles. The molecule has 2 atom stereocenters. The molecule has 0 amide bonds. The highest BCUT2D eigenvalue weighted by molar-refractivity contribution is 5.24. The molecule has 3 rings (SSSR count). The number of ether oxygens (including phenoxy) is 1. The largest absolute Gasteiger partial charge is 0.466 e. The number of rotatable bonds is 2. The van der Waals surface area contributed by atoms with E-state index in [1.54, 1.807) is 0 Å². The molecule has 1 aliphatic heterocycles. The molecule has 2 fully saturated rings. The predicted molar refractivity (Wildman–Crippen MR) is 70.4 cm³/mol. The van der Waals surface area contributed by atoms with Crippen molar-refractivity contribution in [2.45, 2.75) is 57.6 Å². The van der Waals surface area contributed by atoms with Crippen LogP contribution in [0.5, 0.6) is 0 Å². The molecule has 2 unspecified atom stereocenters. The van der Waals surface area contributed by atoms with Gasteiger partial charge in [-0.3, -0.25) is 0 Å². The zero-order chi connectivity index (χ0) is 12.8. The first-order valence-electron chi connectivity index (χ1n) is 7.06. The van der Waals surface area contributed by atoms with Gasteiger partial charge in [0.25, 0.3) is 0 Å². The Morgan fingerprint density at radius 1 is 1.39 bits per heavy atom. The number of hydrogen-bond acceptors (Lipinski definition) is 3. The van der Waals surface area contributed by atoms with Gasteiger partial charge in [0.2, 0.25) is 0 Å². The molecular formula is C15H23NO2. The van der Waals surface area contributed by atoms with Crippen molar-refractivity contribution in [2.24, 2.45) is 11.7 Å². The first-order valence-corrected chi connectivity index (χ1v) is 7.06. The van der Waals surface area contributed by atoms with Gasteiger partial charge in [-0.25, -0.2) is 0 Å². The summed E-state index contributed by atoms with van der Waals surface area (Å²) in [7, 11) is 0. The van der Waals surface area contributed by atoms with Gasteiger partial charge in [-0.2, -0.15) is 0 Å².